The molecule has 1 aliphatic rings. The van der Waals surface area contributed by atoms with Gasteiger partial charge in [-0.25, -0.2) is 0 Å². The van der Waals surface area contributed by atoms with E-state index in [1.165, 1.54) is 18.2 Å². The van der Waals surface area contributed by atoms with E-state index in [0.29, 0.717) is 0 Å². The lowest BCUT2D eigenvalue weighted by atomic mass is 9.98. The number of hydrogen-bond acceptors (Lipinski definition) is 8. The van der Waals surface area contributed by atoms with Crippen LogP contribution in [-0.4, -0.2) is 62.6 Å². The predicted molar refractivity (Wildman–Crippen MR) is 70.5 cm³/mol. The quantitative estimate of drug-likeness (QED) is 0.344. The van der Waals surface area contributed by atoms with E-state index in [1.54, 1.807) is 6.07 Å². The van der Waals surface area contributed by atoms with Gasteiger partial charge >= 0.3 is 0 Å². The summed E-state index contributed by atoms with van der Waals surface area (Å²) in [7, 11) is 0. The van der Waals surface area contributed by atoms with Crippen molar-refractivity contribution in [3.05, 3.63) is 34.4 Å². The molecule has 5 unspecified atom stereocenters. The van der Waals surface area contributed by atoms with E-state index in [4.69, 9.17) is 9.84 Å². The van der Waals surface area contributed by atoms with E-state index in [-0.39, 0.29) is 11.4 Å². The zero-order chi connectivity index (χ0) is 15.6. The fraction of sp³-hybridized carbons (Fsp3) is 0.500. The van der Waals surface area contributed by atoms with Gasteiger partial charge in [0.2, 0.25) is 0 Å². The molecule has 116 valence electrons. The molecular weight excluding hydrogens is 284 g/mol. The summed E-state index contributed by atoms with van der Waals surface area (Å²) >= 11 is 0. The zero-order valence-corrected chi connectivity index (χ0v) is 10.9. The van der Waals surface area contributed by atoms with Crippen LogP contribution >= 0.6 is 0 Å². The highest BCUT2D eigenvalue weighted by Gasteiger charge is 2.43. The standard InChI is InChI=1S/C12H16N2O7/c15-5-8-9(16)10(17)11(18)12(21-8)13-6-3-1-2-4-7(6)14(19)20/h1-4,8-13,15-18H,5H2. The first-order valence-corrected chi connectivity index (χ1v) is 6.26. The zero-order valence-electron chi connectivity index (χ0n) is 10.9. The molecule has 0 aromatic heterocycles. The lowest BCUT2D eigenvalue weighted by Gasteiger charge is -2.40. The van der Waals surface area contributed by atoms with Crippen molar-refractivity contribution in [2.75, 3.05) is 11.9 Å². The number of para-hydroxylation sites is 2. The number of anilines is 1. The molecule has 0 radical (unpaired) electrons. The van der Waals surface area contributed by atoms with Crippen LogP contribution in [0.3, 0.4) is 0 Å². The highest BCUT2D eigenvalue weighted by molar-refractivity contribution is 5.61. The molecule has 1 aromatic carbocycles. The Hall–Kier alpha value is -1.78. The first-order chi connectivity index (χ1) is 9.95. The molecule has 0 saturated carbocycles. The number of aliphatic hydroxyl groups is 4. The average molecular weight is 300 g/mol. The summed E-state index contributed by atoms with van der Waals surface area (Å²) in [5, 5.41) is 51.8. The van der Waals surface area contributed by atoms with Gasteiger partial charge in [-0.1, -0.05) is 12.1 Å². The molecule has 1 aliphatic heterocycles. The maximum atomic E-state index is 10.9. The number of nitro groups is 1. The highest BCUT2D eigenvalue weighted by atomic mass is 16.6. The Morgan fingerprint density at radius 3 is 2.48 bits per heavy atom. The smallest absolute Gasteiger partial charge is 0.292 e. The molecule has 5 N–H and O–H groups in total. The monoisotopic (exact) mass is 300 g/mol. The molecule has 21 heavy (non-hydrogen) atoms. The largest absolute Gasteiger partial charge is 0.394 e. The summed E-state index contributed by atoms with van der Waals surface area (Å²) in [5.41, 5.74) is -0.138. The number of nitrogens with zero attached hydrogens (tertiary/aromatic N) is 1. The predicted octanol–water partition coefficient (Wildman–Crippen LogP) is -1.19. The molecule has 0 aliphatic carbocycles. The fourth-order valence-corrected chi connectivity index (χ4v) is 2.13. The summed E-state index contributed by atoms with van der Waals surface area (Å²) in [5.74, 6) is 0. The van der Waals surface area contributed by atoms with E-state index < -0.39 is 42.2 Å². The maximum Gasteiger partial charge on any atom is 0.292 e. The average Bonchev–Trinajstić information content (AvgIpc) is 2.48. The van der Waals surface area contributed by atoms with Crippen LogP contribution in [0.2, 0.25) is 0 Å². The first-order valence-electron chi connectivity index (χ1n) is 6.26. The van der Waals surface area contributed by atoms with Crippen molar-refractivity contribution in [1.29, 1.82) is 0 Å². The van der Waals surface area contributed by atoms with Crippen LogP contribution in [0.25, 0.3) is 0 Å². The van der Waals surface area contributed by atoms with Crippen molar-refractivity contribution in [2.24, 2.45) is 0 Å². The number of nitro benzene ring substituents is 1. The van der Waals surface area contributed by atoms with Gasteiger partial charge < -0.3 is 30.5 Å². The van der Waals surface area contributed by atoms with Crippen LogP contribution in [0.15, 0.2) is 24.3 Å². The lowest BCUT2D eigenvalue weighted by Crippen LogP contribution is -2.60. The number of hydrogen-bond donors (Lipinski definition) is 5. The van der Waals surface area contributed by atoms with Crippen LogP contribution in [0.1, 0.15) is 0 Å². The van der Waals surface area contributed by atoms with Gasteiger partial charge in [0.1, 0.15) is 30.1 Å². The Kier molecular flexibility index (Phi) is 4.70. The summed E-state index contributed by atoms with van der Waals surface area (Å²) in [6, 6.07) is 5.72. The molecule has 2 rings (SSSR count). The van der Waals surface area contributed by atoms with Gasteiger partial charge in [-0.05, 0) is 6.07 Å². The van der Waals surface area contributed by atoms with E-state index in [2.05, 4.69) is 5.32 Å². The van der Waals surface area contributed by atoms with Crippen LogP contribution < -0.4 is 5.32 Å². The Labute approximate surface area is 119 Å². The van der Waals surface area contributed by atoms with Crippen molar-refractivity contribution in [3.8, 4) is 0 Å². The SMILES string of the molecule is O=[N+]([O-])c1ccccc1NC1OC(CO)C(O)C(O)C1O. The second kappa shape index (κ2) is 6.33. The third-order valence-corrected chi connectivity index (χ3v) is 3.29. The number of nitrogens with one attached hydrogen (secondary N) is 1. The lowest BCUT2D eigenvalue weighted by molar-refractivity contribution is -0.384. The second-order valence-electron chi connectivity index (χ2n) is 4.67. The number of rotatable bonds is 4. The topological polar surface area (TPSA) is 145 Å². The molecule has 1 saturated heterocycles. The van der Waals surface area contributed by atoms with Gasteiger partial charge in [0, 0.05) is 6.07 Å². The van der Waals surface area contributed by atoms with Crippen LogP contribution in [0.4, 0.5) is 11.4 Å². The minimum Gasteiger partial charge on any atom is -0.394 e. The third kappa shape index (κ3) is 3.12. The normalized spacial score (nSPS) is 32.7. The van der Waals surface area contributed by atoms with Crippen molar-refractivity contribution in [2.45, 2.75) is 30.6 Å². The Balaban J connectivity index is 2.20. The van der Waals surface area contributed by atoms with Crippen molar-refractivity contribution >= 4 is 11.4 Å². The first kappa shape index (κ1) is 15.6. The Morgan fingerprint density at radius 1 is 1.19 bits per heavy atom. The fourth-order valence-electron chi connectivity index (χ4n) is 2.13. The summed E-state index contributed by atoms with van der Waals surface area (Å²) < 4.78 is 5.23. The molecule has 0 amide bonds. The van der Waals surface area contributed by atoms with E-state index >= 15 is 0 Å². The van der Waals surface area contributed by atoms with Crippen LogP contribution in [0, 0.1) is 10.1 Å². The number of benzene rings is 1. The number of aliphatic hydroxyl groups excluding tert-OH is 4. The maximum absolute atomic E-state index is 10.9. The van der Waals surface area contributed by atoms with Crippen molar-refractivity contribution in [3.63, 3.8) is 0 Å². The van der Waals surface area contributed by atoms with Gasteiger partial charge in [0.25, 0.3) is 5.69 Å². The van der Waals surface area contributed by atoms with E-state index in [0.717, 1.165) is 0 Å². The third-order valence-electron chi connectivity index (χ3n) is 3.29. The van der Waals surface area contributed by atoms with Crippen LogP contribution in [0.5, 0.6) is 0 Å². The molecule has 9 nitrogen and oxygen atoms in total. The summed E-state index contributed by atoms with van der Waals surface area (Å²) in [6.45, 7) is -0.569. The van der Waals surface area contributed by atoms with Gasteiger partial charge in [0.15, 0.2) is 6.23 Å². The van der Waals surface area contributed by atoms with Crippen LogP contribution in [-0.2, 0) is 4.74 Å². The molecule has 0 bridgehead atoms. The van der Waals surface area contributed by atoms with Gasteiger partial charge in [-0.3, -0.25) is 10.1 Å². The Bertz CT molecular complexity index is 510. The van der Waals surface area contributed by atoms with Gasteiger partial charge in [-0.15, -0.1) is 0 Å². The molecule has 0 spiro atoms. The van der Waals surface area contributed by atoms with Crippen molar-refractivity contribution < 1.29 is 30.1 Å². The molecule has 5 atom stereocenters. The molecular formula is C12H16N2O7. The Morgan fingerprint density at radius 2 is 1.86 bits per heavy atom. The molecule has 1 aromatic rings. The van der Waals surface area contributed by atoms with E-state index in [1.807, 2.05) is 0 Å². The minimum atomic E-state index is -1.55. The minimum absolute atomic E-state index is 0.0897. The summed E-state index contributed by atoms with van der Waals surface area (Å²) in [4.78, 5) is 10.3. The van der Waals surface area contributed by atoms with Gasteiger partial charge in [-0.2, -0.15) is 0 Å². The number of ether oxygens (including phenoxy) is 1. The van der Waals surface area contributed by atoms with Gasteiger partial charge in [0.05, 0.1) is 11.5 Å². The van der Waals surface area contributed by atoms with Crippen molar-refractivity contribution in [1.82, 2.24) is 0 Å². The summed E-state index contributed by atoms with van der Waals surface area (Å²) in [6.07, 6.45) is -6.82. The molecule has 9 heteroatoms. The van der Waals surface area contributed by atoms with E-state index in [9.17, 15) is 25.4 Å². The highest BCUT2D eigenvalue weighted by Crippen LogP contribution is 2.28. The molecule has 1 fully saturated rings. The second-order valence-corrected chi connectivity index (χ2v) is 4.67. The molecule has 1 heterocycles.